The lowest BCUT2D eigenvalue weighted by molar-refractivity contribution is 0.661. The fourth-order valence-electron chi connectivity index (χ4n) is 3.71. The van der Waals surface area contributed by atoms with E-state index in [0.29, 0.717) is 0 Å². The van der Waals surface area contributed by atoms with E-state index in [1.54, 1.807) is 0 Å². The van der Waals surface area contributed by atoms with Gasteiger partial charge in [0.1, 0.15) is 16.4 Å². The SMILES string of the molecule is CCc1ccc(C2=NC3(CC3)c3nnc(C)n3-c3sc(C)c(C)c32)cn1. The lowest BCUT2D eigenvalue weighted by Crippen LogP contribution is -2.12. The van der Waals surface area contributed by atoms with E-state index in [2.05, 4.69) is 52.7 Å². The van der Waals surface area contributed by atoms with Gasteiger partial charge in [-0.1, -0.05) is 6.92 Å². The Morgan fingerprint density at radius 2 is 1.96 bits per heavy atom. The minimum Gasteiger partial charge on any atom is -0.271 e. The second kappa shape index (κ2) is 5.33. The van der Waals surface area contributed by atoms with E-state index in [-0.39, 0.29) is 5.54 Å². The van der Waals surface area contributed by atoms with Crippen LogP contribution in [-0.4, -0.2) is 25.5 Å². The number of fused-ring (bicyclic) bond motifs is 4. The lowest BCUT2D eigenvalue weighted by Gasteiger charge is -2.10. The molecule has 6 heteroatoms. The molecule has 3 aromatic heterocycles. The van der Waals surface area contributed by atoms with Gasteiger partial charge in [0.2, 0.25) is 0 Å². The normalized spacial score (nSPS) is 16.8. The Bertz CT molecular complexity index is 1050. The van der Waals surface area contributed by atoms with Crippen LogP contribution >= 0.6 is 11.3 Å². The van der Waals surface area contributed by atoms with Gasteiger partial charge in [-0.25, -0.2) is 0 Å². The van der Waals surface area contributed by atoms with Crippen molar-refractivity contribution in [2.75, 3.05) is 0 Å². The molecule has 26 heavy (non-hydrogen) atoms. The molecule has 4 heterocycles. The molecule has 0 atom stereocenters. The number of aryl methyl sites for hydroxylation is 3. The van der Waals surface area contributed by atoms with Crippen LogP contribution in [0.2, 0.25) is 0 Å². The molecule has 0 radical (unpaired) electrons. The zero-order valence-electron chi connectivity index (χ0n) is 15.5. The lowest BCUT2D eigenvalue weighted by atomic mass is 10.0. The number of aliphatic imine (C=N–C) groups is 1. The van der Waals surface area contributed by atoms with Crippen LogP contribution in [0.5, 0.6) is 0 Å². The highest BCUT2D eigenvalue weighted by atomic mass is 32.1. The quantitative estimate of drug-likeness (QED) is 0.690. The Balaban J connectivity index is 1.81. The Morgan fingerprint density at radius 1 is 1.15 bits per heavy atom. The molecule has 5 nitrogen and oxygen atoms in total. The van der Waals surface area contributed by atoms with Gasteiger partial charge in [-0.15, -0.1) is 21.5 Å². The first-order chi connectivity index (χ1) is 12.5. The number of pyridine rings is 1. The Morgan fingerprint density at radius 3 is 2.62 bits per heavy atom. The summed E-state index contributed by atoms with van der Waals surface area (Å²) in [5.74, 6) is 1.93. The summed E-state index contributed by atoms with van der Waals surface area (Å²) in [4.78, 5) is 11.2. The third kappa shape index (κ3) is 2.08. The molecular weight excluding hydrogens is 342 g/mol. The maximum absolute atomic E-state index is 5.27. The molecule has 1 spiro atoms. The zero-order chi connectivity index (χ0) is 18.1. The predicted octanol–water partition coefficient (Wildman–Crippen LogP) is 4.05. The highest BCUT2D eigenvalue weighted by Gasteiger charge is 2.51. The molecule has 0 unspecified atom stereocenters. The van der Waals surface area contributed by atoms with Gasteiger partial charge in [0.15, 0.2) is 5.82 Å². The molecule has 1 fully saturated rings. The van der Waals surface area contributed by atoms with Crippen LogP contribution in [0.15, 0.2) is 23.3 Å². The van der Waals surface area contributed by atoms with Crippen molar-refractivity contribution in [1.82, 2.24) is 19.7 Å². The van der Waals surface area contributed by atoms with Gasteiger partial charge >= 0.3 is 0 Å². The van der Waals surface area contributed by atoms with Crippen LogP contribution in [0.25, 0.3) is 5.00 Å². The van der Waals surface area contributed by atoms with E-state index in [1.165, 1.54) is 21.0 Å². The topological polar surface area (TPSA) is 56.0 Å². The molecular formula is C20H21N5S. The maximum atomic E-state index is 5.27. The second-order valence-corrected chi connectivity index (χ2v) is 8.46. The van der Waals surface area contributed by atoms with Gasteiger partial charge in [0, 0.05) is 27.9 Å². The Labute approximate surface area is 156 Å². The van der Waals surface area contributed by atoms with Crippen molar-refractivity contribution >= 4 is 17.0 Å². The highest BCUT2D eigenvalue weighted by Crippen LogP contribution is 2.52. The molecule has 1 saturated carbocycles. The summed E-state index contributed by atoms with van der Waals surface area (Å²) in [6.07, 6.45) is 4.98. The molecule has 3 aromatic rings. The average molecular weight is 363 g/mol. The molecule has 1 aliphatic heterocycles. The first-order valence-corrected chi connectivity index (χ1v) is 9.94. The average Bonchev–Trinajstić information content (AvgIpc) is 3.27. The Kier molecular flexibility index (Phi) is 3.26. The second-order valence-electron chi connectivity index (χ2n) is 7.25. The van der Waals surface area contributed by atoms with Gasteiger partial charge in [-0.2, -0.15) is 0 Å². The van der Waals surface area contributed by atoms with Crippen molar-refractivity contribution in [2.45, 2.75) is 52.5 Å². The minimum absolute atomic E-state index is 0.223. The van der Waals surface area contributed by atoms with Crippen molar-refractivity contribution in [1.29, 1.82) is 0 Å². The van der Waals surface area contributed by atoms with E-state index in [1.807, 2.05) is 24.5 Å². The molecule has 1 aliphatic carbocycles. The summed E-state index contributed by atoms with van der Waals surface area (Å²) in [7, 11) is 0. The maximum Gasteiger partial charge on any atom is 0.166 e. The summed E-state index contributed by atoms with van der Waals surface area (Å²) in [6, 6.07) is 4.28. The minimum atomic E-state index is -0.223. The van der Waals surface area contributed by atoms with Gasteiger partial charge in [0.05, 0.1) is 5.71 Å². The first-order valence-electron chi connectivity index (χ1n) is 9.12. The van der Waals surface area contributed by atoms with E-state index < -0.39 is 0 Å². The fraction of sp³-hybridized carbons (Fsp3) is 0.400. The van der Waals surface area contributed by atoms with E-state index in [4.69, 9.17) is 4.99 Å². The van der Waals surface area contributed by atoms with Crippen LogP contribution < -0.4 is 0 Å². The van der Waals surface area contributed by atoms with Gasteiger partial charge in [0.25, 0.3) is 0 Å². The summed E-state index contributed by atoms with van der Waals surface area (Å²) in [5.41, 5.74) is 5.53. The van der Waals surface area contributed by atoms with Crippen LogP contribution in [-0.2, 0) is 12.0 Å². The largest absolute Gasteiger partial charge is 0.271 e. The third-order valence-electron chi connectivity index (χ3n) is 5.56. The number of aromatic nitrogens is 4. The van der Waals surface area contributed by atoms with Gasteiger partial charge < -0.3 is 0 Å². The van der Waals surface area contributed by atoms with Crippen LogP contribution in [0.4, 0.5) is 0 Å². The summed E-state index contributed by atoms with van der Waals surface area (Å²) >= 11 is 1.81. The zero-order valence-corrected chi connectivity index (χ0v) is 16.3. The standard InChI is InChI=1S/C20H21N5S/c1-5-15-7-6-14(10-21-15)17-16-11(2)12(3)26-18(16)25-13(4)23-24-19(25)20(22-17)8-9-20/h6-7,10H,5,8-9H2,1-4H3. The molecule has 5 rings (SSSR count). The van der Waals surface area contributed by atoms with E-state index in [0.717, 1.165) is 47.9 Å². The molecule has 0 bridgehead atoms. The molecule has 0 N–H and O–H groups in total. The fourth-order valence-corrected chi connectivity index (χ4v) is 4.92. The van der Waals surface area contributed by atoms with Crippen molar-refractivity contribution in [3.8, 4) is 5.00 Å². The molecule has 0 saturated heterocycles. The number of hydrogen-bond acceptors (Lipinski definition) is 5. The summed E-state index contributed by atoms with van der Waals surface area (Å²) < 4.78 is 2.23. The molecule has 0 amide bonds. The summed E-state index contributed by atoms with van der Waals surface area (Å²) in [6.45, 7) is 8.53. The monoisotopic (exact) mass is 363 g/mol. The Hall–Kier alpha value is -2.34. The molecule has 2 aliphatic rings. The van der Waals surface area contributed by atoms with E-state index >= 15 is 0 Å². The highest BCUT2D eigenvalue weighted by molar-refractivity contribution is 7.15. The van der Waals surface area contributed by atoms with Gasteiger partial charge in [-0.05, 0) is 57.7 Å². The van der Waals surface area contributed by atoms with Crippen molar-refractivity contribution in [3.05, 3.63) is 57.2 Å². The van der Waals surface area contributed by atoms with Gasteiger partial charge in [-0.3, -0.25) is 14.5 Å². The molecule has 0 aromatic carbocycles. The van der Waals surface area contributed by atoms with Crippen LogP contribution in [0, 0.1) is 20.8 Å². The first kappa shape index (κ1) is 15.9. The third-order valence-corrected chi connectivity index (χ3v) is 6.75. The summed E-state index contributed by atoms with van der Waals surface area (Å²) in [5, 5.41) is 10.1. The van der Waals surface area contributed by atoms with Crippen molar-refractivity contribution < 1.29 is 0 Å². The van der Waals surface area contributed by atoms with Crippen molar-refractivity contribution in [2.24, 2.45) is 4.99 Å². The number of nitrogens with zero attached hydrogens (tertiary/aromatic N) is 5. The number of rotatable bonds is 2. The van der Waals surface area contributed by atoms with Crippen LogP contribution in [0.1, 0.15) is 58.7 Å². The molecule has 132 valence electrons. The number of hydrogen-bond donors (Lipinski definition) is 0. The van der Waals surface area contributed by atoms with E-state index in [9.17, 15) is 0 Å². The number of thiophene rings is 1. The van der Waals surface area contributed by atoms with Crippen LogP contribution in [0.3, 0.4) is 0 Å². The smallest absolute Gasteiger partial charge is 0.166 e. The predicted molar refractivity (Wildman–Crippen MR) is 104 cm³/mol. The van der Waals surface area contributed by atoms with Crippen molar-refractivity contribution in [3.63, 3.8) is 0 Å².